The summed E-state index contributed by atoms with van der Waals surface area (Å²) in [7, 11) is 3.58. The van der Waals surface area contributed by atoms with E-state index in [9.17, 15) is 4.79 Å². The molecular weight excluding hydrogens is 360 g/mol. The SMILES string of the molecule is CN(C)C(=O)c1nn(Cc2ccccc2)c2c1CC(NCc1ccccc1)CC2. The first kappa shape index (κ1) is 19.4. The van der Waals surface area contributed by atoms with E-state index >= 15 is 0 Å². The lowest BCUT2D eigenvalue weighted by molar-refractivity contribution is 0.0820. The summed E-state index contributed by atoms with van der Waals surface area (Å²) >= 11 is 0. The zero-order valence-electron chi connectivity index (χ0n) is 17.1. The van der Waals surface area contributed by atoms with Crippen LogP contribution in [0.1, 0.15) is 39.3 Å². The number of benzene rings is 2. The Hall–Kier alpha value is -2.92. The Morgan fingerprint density at radius 3 is 2.38 bits per heavy atom. The number of nitrogens with zero attached hydrogens (tertiary/aromatic N) is 3. The van der Waals surface area contributed by atoms with Crippen molar-refractivity contribution >= 4 is 5.91 Å². The van der Waals surface area contributed by atoms with Crippen molar-refractivity contribution in [2.45, 2.75) is 38.4 Å². The fourth-order valence-electron chi connectivity index (χ4n) is 3.99. The maximum absolute atomic E-state index is 12.8. The first-order chi connectivity index (χ1) is 14.1. The molecule has 150 valence electrons. The molecule has 0 spiro atoms. The molecule has 0 aliphatic heterocycles. The lowest BCUT2D eigenvalue weighted by Crippen LogP contribution is -2.35. The summed E-state index contributed by atoms with van der Waals surface area (Å²) in [4.78, 5) is 14.4. The molecule has 5 nitrogen and oxygen atoms in total. The maximum atomic E-state index is 12.8. The van der Waals surface area contributed by atoms with Crippen LogP contribution in [0.15, 0.2) is 60.7 Å². The quantitative estimate of drug-likeness (QED) is 0.705. The minimum Gasteiger partial charge on any atom is -0.343 e. The maximum Gasteiger partial charge on any atom is 0.274 e. The van der Waals surface area contributed by atoms with E-state index < -0.39 is 0 Å². The number of fused-ring (bicyclic) bond motifs is 1. The van der Waals surface area contributed by atoms with E-state index in [1.165, 1.54) is 16.8 Å². The van der Waals surface area contributed by atoms with Gasteiger partial charge in [-0.1, -0.05) is 60.7 Å². The molecule has 0 bridgehead atoms. The average molecular weight is 389 g/mol. The molecular formula is C24H28N4O. The number of hydrogen-bond donors (Lipinski definition) is 1. The van der Waals surface area contributed by atoms with E-state index in [4.69, 9.17) is 5.10 Å². The molecule has 1 aliphatic carbocycles. The Labute approximate surface area is 172 Å². The number of carbonyl (C=O) groups is 1. The molecule has 1 amide bonds. The van der Waals surface area contributed by atoms with Crippen LogP contribution < -0.4 is 5.32 Å². The minimum atomic E-state index is -0.0169. The highest BCUT2D eigenvalue weighted by atomic mass is 16.2. The van der Waals surface area contributed by atoms with Crippen molar-refractivity contribution in [2.75, 3.05) is 14.1 Å². The largest absolute Gasteiger partial charge is 0.343 e. The zero-order chi connectivity index (χ0) is 20.2. The van der Waals surface area contributed by atoms with Crippen LogP contribution in [-0.2, 0) is 25.9 Å². The van der Waals surface area contributed by atoms with Crippen LogP contribution in [0.25, 0.3) is 0 Å². The summed E-state index contributed by atoms with van der Waals surface area (Å²) in [6.07, 6.45) is 2.82. The lowest BCUT2D eigenvalue weighted by atomic mass is 9.91. The third-order valence-corrected chi connectivity index (χ3v) is 5.57. The van der Waals surface area contributed by atoms with Crippen LogP contribution in [0.5, 0.6) is 0 Å². The highest BCUT2D eigenvalue weighted by Gasteiger charge is 2.29. The van der Waals surface area contributed by atoms with Crippen LogP contribution in [-0.4, -0.2) is 40.7 Å². The van der Waals surface area contributed by atoms with Gasteiger partial charge in [-0.25, -0.2) is 0 Å². The molecule has 0 radical (unpaired) electrons. The summed E-state index contributed by atoms with van der Waals surface area (Å²) in [5, 5.41) is 8.43. The molecule has 0 saturated heterocycles. The van der Waals surface area contributed by atoms with Gasteiger partial charge in [0.05, 0.1) is 6.54 Å². The van der Waals surface area contributed by atoms with Crippen molar-refractivity contribution in [2.24, 2.45) is 0 Å². The fraction of sp³-hybridized carbons (Fsp3) is 0.333. The van der Waals surface area contributed by atoms with Gasteiger partial charge in [0.2, 0.25) is 0 Å². The third kappa shape index (κ3) is 4.40. The summed E-state index contributed by atoms with van der Waals surface area (Å²) in [5.74, 6) is -0.0169. The van der Waals surface area contributed by atoms with Crippen molar-refractivity contribution in [1.29, 1.82) is 0 Å². The van der Waals surface area contributed by atoms with Crippen molar-refractivity contribution < 1.29 is 4.79 Å². The smallest absolute Gasteiger partial charge is 0.274 e. The van der Waals surface area contributed by atoms with Gasteiger partial charge in [-0.15, -0.1) is 0 Å². The summed E-state index contributed by atoms with van der Waals surface area (Å²) in [5.41, 5.74) is 5.40. The number of amides is 1. The zero-order valence-corrected chi connectivity index (χ0v) is 17.1. The number of rotatable bonds is 6. The molecule has 4 rings (SSSR count). The normalized spacial score (nSPS) is 15.7. The first-order valence-corrected chi connectivity index (χ1v) is 10.2. The fourth-order valence-corrected chi connectivity index (χ4v) is 3.99. The molecule has 1 aliphatic rings. The predicted octanol–water partition coefficient (Wildman–Crippen LogP) is 3.28. The second-order valence-electron chi connectivity index (χ2n) is 7.92. The molecule has 0 saturated carbocycles. The molecule has 1 atom stereocenters. The lowest BCUT2D eigenvalue weighted by Gasteiger charge is -2.25. The highest BCUT2D eigenvalue weighted by molar-refractivity contribution is 5.93. The van der Waals surface area contributed by atoms with E-state index in [-0.39, 0.29) is 5.91 Å². The van der Waals surface area contributed by atoms with Crippen molar-refractivity contribution in [3.8, 4) is 0 Å². The van der Waals surface area contributed by atoms with Crippen LogP contribution >= 0.6 is 0 Å². The number of carbonyl (C=O) groups excluding carboxylic acids is 1. The molecule has 0 fully saturated rings. The van der Waals surface area contributed by atoms with Gasteiger partial charge >= 0.3 is 0 Å². The van der Waals surface area contributed by atoms with Crippen LogP contribution in [0.2, 0.25) is 0 Å². The van der Waals surface area contributed by atoms with Crippen LogP contribution in [0, 0.1) is 0 Å². The summed E-state index contributed by atoms with van der Waals surface area (Å²) < 4.78 is 2.04. The highest BCUT2D eigenvalue weighted by Crippen LogP contribution is 2.26. The van der Waals surface area contributed by atoms with Gasteiger partial charge in [-0.2, -0.15) is 5.10 Å². The van der Waals surface area contributed by atoms with E-state index in [0.29, 0.717) is 18.3 Å². The molecule has 1 aromatic heterocycles. The Bertz CT molecular complexity index is 963. The van der Waals surface area contributed by atoms with Crippen LogP contribution in [0.3, 0.4) is 0 Å². The van der Waals surface area contributed by atoms with Gasteiger partial charge in [0, 0.05) is 37.9 Å². The average Bonchev–Trinajstić information content (AvgIpc) is 3.10. The summed E-state index contributed by atoms with van der Waals surface area (Å²) in [6, 6.07) is 21.1. The Kier molecular flexibility index (Phi) is 5.76. The monoisotopic (exact) mass is 388 g/mol. The van der Waals surface area contributed by atoms with E-state index in [1.54, 1.807) is 19.0 Å². The Morgan fingerprint density at radius 1 is 1.07 bits per heavy atom. The molecule has 5 heteroatoms. The number of hydrogen-bond acceptors (Lipinski definition) is 3. The topological polar surface area (TPSA) is 50.2 Å². The van der Waals surface area contributed by atoms with E-state index in [0.717, 1.165) is 31.4 Å². The molecule has 1 N–H and O–H groups in total. The molecule has 1 unspecified atom stereocenters. The van der Waals surface area contributed by atoms with Gasteiger partial charge in [0.25, 0.3) is 5.91 Å². The molecule has 29 heavy (non-hydrogen) atoms. The Morgan fingerprint density at radius 2 is 1.72 bits per heavy atom. The second kappa shape index (κ2) is 8.62. The van der Waals surface area contributed by atoms with Gasteiger partial charge in [-0.05, 0) is 30.4 Å². The number of aromatic nitrogens is 2. The minimum absolute atomic E-state index is 0.0169. The van der Waals surface area contributed by atoms with E-state index in [2.05, 4.69) is 41.7 Å². The van der Waals surface area contributed by atoms with E-state index in [1.807, 2.05) is 28.9 Å². The predicted molar refractivity (Wildman–Crippen MR) is 115 cm³/mol. The molecule has 2 aromatic carbocycles. The Balaban J connectivity index is 1.56. The molecule has 1 heterocycles. The molecule has 3 aromatic rings. The van der Waals surface area contributed by atoms with Crippen molar-refractivity contribution in [3.05, 3.63) is 88.7 Å². The van der Waals surface area contributed by atoms with Gasteiger partial charge < -0.3 is 10.2 Å². The third-order valence-electron chi connectivity index (χ3n) is 5.57. The second-order valence-corrected chi connectivity index (χ2v) is 7.92. The van der Waals surface area contributed by atoms with Crippen molar-refractivity contribution in [1.82, 2.24) is 20.0 Å². The van der Waals surface area contributed by atoms with Gasteiger partial charge in [0.1, 0.15) is 0 Å². The van der Waals surface area contributed by atoms with Crippen LogP contribution in [0.4, 0.5) is 0 Å². The van der Waals surface area contributed by atoms with Gasteiger partial charge in [-0.3, -0.25) is 9.48 Å². The summed E-state index contributed by atoms with van der Waals surface area (Å²) in [6.45, 7) is 1.54. The standard InChI is InChI=1S/C24H28N4O/c1-27(2)24(29)23-21-15-20(25-16-18-9-5-3-6-10-18)13-14-22(21)28(26-23)17-19-11-7-4-8-12-19/h3-12,20,25H,13-17H2,1-2H3. The van der Waals surface area contributed by atoms with Gasteiger partial charge in [0.15, 0.2) is 5.69 Å². The first-order valence-electron chi connectivity index (χ1n) is 10.2. The van der Waals surface area contributed by atoms with Crippen molar-refractivity contribution in [3.63, 3.8) is 0 Å². The number of nitrogens with one attached hydrogen (secondary N) is 1.